The Balaban J connectivity index is 1.41. The Kier molecular flexibility index (Phi) is 5.77. The summed E-state index contributed by atoms with van der Waals surface area (Å²) in [6.07, 6.45) is 1.66. The van der Waals surface area contributed by atoms with E-state index in [1.54, 1.807) is 16.2 Å². The van der Waals surface area contributed by atoms with Crippen LogP contribution in [-0.4, -0.2) is 33.4 Å². The maximum Gasteiger partial charge on any atom is 0.271 e. The smallest absolute Gasteiger partial charge is 0.271 e. The highest BCUT2D eigenvalue weighted by Gasteiger charge is 2.47. The van der Waals surface area contributed by atoms with Gasteiger partial charge in [-0.25, -0.2) is 0 Å². The molecule has 0 radical (unpaired) electrons. The SMILES string of the molecule is CC1(C(=O)NCc2ccccc2)Cn2c(cc3ccsc32)C(=O)N1CCCc1ccccc1. The van der Waals surface area contributed by atoms with Gasteiger partial charge in [0.25, 0.3) is 5.91 Å². The van der Waals surface area contributed by atoms with Gasteiger partial charge in [-0.15, -0.1) is 11.3 Å². The summed E-state index contributed by atoms with van der Waals surface area (Å²) in [5.74, 6) is -0.196. The van der Waals surface area contributed by atoms with E-state index in [2.05, 4.69) is 17.4 Å². The minimum Gasteiger partial charge on any atom is -0.350 e. The minimum atomic E-state index is -0.967. The van der Waals surface area contributed by atoms with E-state index in [0.717, 1.165) is 28.6 Å². The highest BCUT2D eigenvalue weighted by atomic mass is 32.1. The Hall–Kier alpha value is -3.38. The molecule has 6 heteroatoms. The molecule has 4 aromatic rings. The van der Waals surface area contributed by atoms with E-state index < -0.39 is 5.54 Å². The molecular weight excluding hydrogens is 430 g/mol. The Morgan fingerprint density at radius 3 is 2.45 bits per heavy atom. The fourth-order valence-electron chi connectivity index (χ4n) is 4.66. The molecule has 3 heterocycles. The Bertz CT molecular complexity index is 1280. The van der Waals surface area contributed by atoms with E-state index in [-0.39, 0.29) is 11.8 Å². The molecule has 1 aliphatic heterocycles. The van der Waals surface area contributed by atoms with Crippen molar-refractivity contribution in [2.75, 3.05) is 6.54 Å². The molecule has 1 N–H and O–H groups in total. The van der Waals surface area contributed by atoms with Crippen LogP contribution in [0.5, 0.6) is 0 Å². The number of rotatable bonds is 7. The quantitative estimate of drug-likeness (QED) is 0.431. The summed E-state index contributed by atoms with van der Waals surface area (Å²) in [5.41, 5.74) is 1.98. The highest BCUT2D eigenvalue weighted by molar-refractivity contribution is 7.16. The first-order valence-electron chi connectivity index (χ1n) is 11.3. The average molecular weight is 458 g/mol. The molecule has 0 bridgehead atoms. The van der Waals surface area contributed by atoms with Crippen molar-refractivity contribution in [2.45, 2.75) is 38.4 Å². The van der Waals surface area contributed by atoms with E-state index in [9.17, 15) is 9.59 Å². The van der Waals surface area contributed by atoms with Crippen molar-refractivity contribution >= 4 is 33.4 Å². The van der Waals surface area contributed by atoms with Crippen molar-refractivity contribution in [3.63, 3.8) is 0 Å². The maximum absolute atomic E-state index is 13.7. The lowest BCUT2D eigenvalue weighted by atomic mass is 9.94. The summed E-state index contributed by atoms with van der Waals surface area (Å²) >= 11 is 1.61. The third-order valence-corrected chi connectivity index (χ3v) is 7.45. The molecule has 0 saturated carbocycles. The van der Waals surface area contributed by atoms with Gasteiger partial charge in [0.15, 0.2) is 0 Å². The first-order chi connectivity index (χ1) is 16.1. The molecule has 2 aromatic carbocycles. The number of fused-ring (bicyclic) bond motifs is 3. The molecule has 2 aromatic heterocycles. The van der Waals surface area contributed by atoms with Gasteiger partial charge in [0.05, 0.1) is 6.54 Å². The Labute approximate surface area is 197 Å². The van der Waals surface area contributed by atoms with E-state index in [1.807, 2.05) is 77.5 Å². The van der Waals surface area contributed by atoms with Crippen molar-refractivity contribution in [3.05, 3.63) is 95.0 Å². The number of amides is 2. The molecular formula is C27H27N3O2S. The Morgan fingerprint density at radius 1 is 1.03 bits per heavy atom. The fraction of sp³-hybridized carbons (Fsp3) is 0.259. The summed E-state index contributed by atoms with van der Waals surface area (Å²) in [6, 6.07) is 24.1. The lowest BCUT2D eigenvalue weighted by molar-refractivity contribution is -0.133. The number of aryl methyl sites for hydroxylation is 1. The number of carbonyl (C=O) groups excluding carboxylic acids is 2. The lowest BCUT2D eigenvalue weighted by Crippen LogP contribution is -2.64. The van der Waals surface area contributed by atoms with Gasteiger partial charge in [-0.3, -0.25) is 9.59 Å². The Morgan fingerprint density at radius 2 is 1.73 bits per heavy atom. The first-order valence-corrected chi connectivity index (χ1v) is 12.2. The van der Waals surface area contributed by atoms with Gasteiger partial charge in [0.2, 0.25) is 5.91 Å². The van der Waals surface area contributed by atoms with Crippen molar-refractivity contribution in [2.24, 2.45) is 0 Å². The molecule has 5 nitrogen and oxygen atoms in total. The van der Waals surface area contributed by atoms with Crippen LogP contribution in [0, 0.1) is 0 Å². The molecule has 0 fully saturated rings. The van der Waals surface area contributed by atoms with Gasteiger partial charge in [-0.2, -0.15) is 0 Å². The number of nitrogens with zero attached hydrogens (tertiary/aromatic N) is 2. The predicted octanol–water partition coefficient (Wildman–Crippen LogP) is 4.87. The summed E-state index contributed by atoms with van der Waals surface area (Å²) < 4.78 is 2.03. The van der Waals surface area contributed by atoms with Gasteiger partial charge in [-0.1, -0.05) is 60.7 Å². The van der Waals surface area contributed by atoms with Gasteiger partial charge >= 0.3 is 0 Å². The zero-order valence-electron chi connectivity index (χ0n) is 18.7. The topological polar surface area (TPSA) is 54.3 Å². The molecule has 0 aliphatic carbocycles. The van der Waals surface area contributed by atoms with Crippen LogP contribution in [0.4, 0.5) is 0 Å². The number of hydrogen-bond donors (Lipinski definition) is 1. The summed E-state index contributed by atoms with van der Waals surface area (Å²) in [4.78, 5) is 30.1. The summed E-state index contributed by atoms with van der Waals surface area (Å²) in [5, 5.41) is 6.18. The molecule has 0 spiro atoms. The van der Waals surface area contributed by atoms with E-state index in [0.29, 0.717) is 25.3 Å². The molecule has 168 valence electrons. The molecule has 1 atom stereocenters. The minimum absolute atomic E-state index is 0.0740. The van der Waals surface area contributed by atoms with E-state index in [4.69, 9.17) is 0 Å². The van der Waals surface area contributed by atoms with Crippen LogP contribution in [0.1, 0.15) is 35.0 Å². The van der Waals surface area contributed by atoms with E-state index in [1.165, 1.54) is 5.56 Å². The van der Waals surface area contributed by atoms with Crippen LogP contribution in [0.3, 0.4) is 0 Å². The number of carbonyl (C=O) groups is 2. The second-order valence-electron chi connectivity index (χ2n) is 8.78. The summed E-state index contributed by atoms with van der Waals surface area (Å²) in [7, 11) is 0. The monoisotopic (exact) mass is 457 g/mol. The maximum atomic E-state index is 13.7. The normalized spacial score (nSPS) is 17.8. The second kappa shape index (κ2) is 8.87. The standard InChI is InChI=1S/C27H27N3O2S/c1-27(26(32)28-18-21-11-6-3-7-12-21)19-29-23(17-22-14-16-33-25(22)29)24(31)30(27)15-8-13-20-9-4-2-5-10-20/h2-7,9-12,14,16-17H,8,13,15,18-19H2,1H3,(H,28,32). The molecule has 5 rings (SSSR count). The van der Waals surface area contributed by atoms with E-state index >= 15 is 0 Å². The van der Waals surface area contributed by atoms with Gasteiger partial charge in [-0.05, 0) is 48.4 Å². The first kappa shape index (κ1) is 21.5. The molecule has 1 unspecified atom stereocenters. The number of benzene rings is 2. The molecule has 33 heavy (non-hydrogen) atoms. The van der Waals surface area contributed by atoms with Crippen molar-refractivity contribution in [1.82, 2.24) is 14.8 Å². The molecule has 2 amide bonds. The van der Waals surface area contributed by atoms with Crippen LogP contribution in [0.2, 0.25) is 0 Å². The van der Waals surface area contributed by atoms with Crippen LogP contribution in [0.15, 0.2) is 78.2 Å². The van der Waals surface area contributed by atoms with Crippen molar-refractivity contribution in [3.8, 4) is 0 Å². The second-order valence-corrected chi connectivity index (χ2v) is 9.68. The number of thiophene rings is 1. The largest absolute Gasteiger partial charge is 0.350 e. The van der Waals surface area contributed by atoms with Gasteiger partial charge in [0, 0.05) is 18.5 Å². The van der Waals surface area contributed by atoms with Gasteiger partial charge < -0.3 is 14.8 Å². The lowest BCUT2D eigenvalue weighted by Gasteiger charge is -2.44. The zero-order chi connectivity index (χ0) is 22.8. The van der Waals surface area contributed by atoms with Crippen LogP contribution >= 0.6 is 11.3 Å². The zero-order valence-corrected chi connectivity index (χ0v) is 19.5. The van der Waals surface area contributed by atoms with Crippen molar-refractivity contribution in [1.29, 1.82) is 0 Å². The number of nitrogens with one attached hydrogen (secondary N) is 1. The van der Waals surface area contributed by atoms with Crippen molar-refractivity contribution < 1.29 is 9.59 Å². The van der Waals surface area contributed by atoms with Crippen LogP contribution in [0.25, 0.3) is 10.2 Å². The fourth-order valence-corrected chi connectivity index (χ4v) is 5.56. The average Bonchev–Trinajstić information content (AvgIpc) is 3.43. The number of hydrogen-bond acceptors (Lipinski definition) is 3. The summed E-state index contributed by atoms with van der Waals surface area (Å²) in [6.45, 7) is 3.32. The van der Waals surface area contributed by atoms with Crippen LogP contribution in [-0.2, 0) is 24.3 Å². The molecule has 0 saturated heterocycles. The highest BCUT2D eigenvalue weighted by Crippen LogP contribution is 2.34. The third kappa shape index (κ3) is 4.07. The van der Waals surface area contributed by atoms with Gasteiger partial charge in [0.1, 0.15) is 16.1 Å². The number of aromatic nitrogens is 1. The molecule has 1 aliphatic rings. The third-order valence-electron chi connectivity index (χ3n) is 6.50. The predicted molar refractivity (Wildman–Crippen MR) is 132 cm³/mol. The van der Waals surface area contributed by atoms with Crippen LogP contribution < -0.4 is 5.32 Å².